The fourth-order valence-corrected chi connectivity index (χ4v) is 3.30. The molecular formula is C18H17NO5S2. The lowest BCUT2D eigenvalue weighted by Crippen LogP contribution is -2.16. The molecule has 0 aliphatic heterocycles. The van der Waals surface area contributed by atoms with Crippen LogP contribution in [0.15, 0.2) is 76.1 Å². The zero-order chi connectivity index (χ0) is 19.0. The molecule has 0 amide bonds. The second-order valence-corrected chi connectivity index (χ2v) is 7.42. The van der Waals surface area contributed by atoms with E-state index in [4.69, 9.17) is 9.02 Å². The third-order valence-corrected chi connectivity index (χ3v) is 5.09. The third kappa shape index (κ3) is 5.47. The van der Waals surface area contributed by atoms with Crippen molar-refractivity contribution in [2.75, 3.05) is 6.61 Å². The van der Waals surface area contributed by atoms with Gasteiger partial charge in [-0.3, -0.25) is 4.28 Å². The number of hydrogen-bond donors (Lipinski definition) is 0. The van der Waals surface area contributed by atoms with Crippen LogP contribution in [0.2, 0.25) is 0 Å². The van der Waals surface area contributed by atoms with E-state index >= 15 is 0 Å². The Kier molecular flexibility index (Phi) is 6.99. The number of ether oxygens (including phenoxy) is 1. The van der Waals surface area contributed by atoms with Gasteiger partial charge in [0.1, 0.15) is 4.90 Å². The maximum absolute atomic E-state index is 12.3. The first-order chi connectivity index (χ1) is 12.5. The number of hydrogen-bond acceptors (Lipinski definition) is 7. The highest BCUT2D eigenvalue weighted by molar-refractivity contribution is 8.15. The first-order valence-electron chi connectivity index (χ1n) is 7.60. The topological polar surface area (TPSA) is 82.0 Å². The summed E-state index contributed by atoms with van der Waals surface area (Å²) in [5, 5.41) is 3.31. The van der Waals surface area contributed by atoms with Gasteiger partial charge in [-0.1, -0.05) is 59.9 Å². The molecular weight excluding hydrogens is 374 g/mol. The fraction of sp³-hybridized carbons (Fsp3) is 0.111. The maximum atomic E-state index is 12.3. The van der Waals surface area contributed by atoms with E-state index in [1.165, 1.54) is 12.1 Å². The Morgan fingerprint density at radius 2 is 1.81 bits per heavy atom. The summed E-state index contributed by atoms with van der Waals surface area (Å²) in [4.78, 5) is 12.6. The van der Waals surface area contributed by atoms with Crippen LogP contribution in [0.1, 0.15) is 12.5 Å². The highest BCUT2D eigenvalue weighted by Crippen LogP contribution is 2.21. The monoisotopic (exact) mass is 391 g/mol. The summed E-state index contributed by atoms with van der Waals surface area (Å²) < 4.78 is 34.1. The van der Waals surface area contributed by atoms with Crippen LogP contribution in [0, 0.1) is 0 Å². The Balaban J connectivity index is 2.24. The van der Waals surface area contributed by atoms with Crippen LogP contribution in [0.4, 0.5) is 0 Å². The lowest BCUT2D eigenvalue weighted by Gasteiger charge is -2.06. The van der Waals surface area contributed by atoms with E-state index in [2.05, 4.69) is 11.7 Å². The van der Waals surface area contributed by atoms with Crippen molar-refractivity contribution in [3.8, 4) is 0 Å². The van der Waals surface area contributed by atoms with Crippen LogP contribution in [-0.2, 0) is 23.9 Å². The van der Waals surface area contributed by atoms with Crippen LogP contribution >= 0.6 is 11.8 Å². The smallest absolute Gasteiger partial charge is 0.367 e. The van der Waals surface area contributed by atoms with Gasteiger partial charge in [0.25, 0.3) is 0 Å². The molecule has 0 fully saturated rings. The molecule has 26 heavy (non-hydrogen) atoms. The minimum absolute atomic E-state index is 0.0835. The van der Waals surface area contributed by atoms with E-state index in [0.717, 1.165) is 17.3 Å². The fourth-order valence-electron chi connectivity index (χ4n) is 1.79. The van der Waals surface area contributed by atoms with Crippen molar-refractivity contribution < 1.29 is 22.2 Å². The minimum Gasteiger partial charge on any atom is -0.461 e. The molecule has 0 spiro atoms. The van der Waals surface area contributed by atoms with E-state index in [-0.39, 0.29) is 16.5 Å². The Hall–Kier alpha value is -2.58. The number of oxime groups is 1. The first kappa shape index (κ1) is 19.7. The van der Waals surface area contributed by atoms with E-state index in [0.29, 0.717) is 4.90 Å². The summed E-state index contributed by atoms with van der Waals surface area (Å²) >= 11 is 0.951. The molecule has 0 saturated carbocycles. The Bertz CT molecular complexity index is 891. The summed E-state index contributed by atoms with van der Waals surface area (Å²) in [6.07, 6.45) is 1.59. The normalized spacial score (nSPS) is 11.7. The van der Waals surface area contributed by atoms with Gasteiger partial charge in [-0.2, -0.15) is 8.42 Å². The van der Waals surface area contributed by atoms with Crippen molar-refractivity contribution >= 4 is 39.0 Å². The molecule has 2 aromatic carbocycles. The maximum Gasteiger partial charge on any atom is 0.367 e. The van der Waals surface area contributed by atoms with Gasteiger partial charge in [-0.05, 0) is 36.8 Å². The number of benzene rings is 2. The van der Waals surface area contributed by atoms with Crippen molar-refractivity contribution in [3.63, 3.8) is 0 Å². The molecule has 0 bridgehead atoms. The Morgan fingerprint density at radius 3 is 2.38 bits per heavy atom. The molecule has 2 rings (SSSR count). The van der Waals surface area contributed by atoms with E-state index in [9.17, 15) is 13.2 Å². The predicted molar refractivity (Wildman–Crippen MR) is 101 cm³/mol. The van der Waals surface area contributed by atoms with Gasteiger partial charge < -0.3 is 4.74 Å². The van der Waals surface area contributed by atoms with Gasteiger partial charge in [0.05, 0.1) is 6.61 Å². The number of esters is 1. The van der Waals surface area contributed by atoms with Gasteiger partial charge in [-0.15, -0.1) is 0 Å². The SMILES string of the molecule is C=Cc1ccc(S(=O)(=O)ON=C(Sc2ccccc2)C(=O)OCC)cc1. The second-order valence-electron chi connectivity index (χ2n) is 4.83. The second kappa shape index (κ2) is 9.21. The number of thioether (sulfide) groups is 1. The van der Waals surface area contributed by atoms with Crippen molar-refractivity contribution in [2.24, 2.45) is 5.16 Å². The molecule has 0 aliphatic rings. The molecule has 0 aromatic heterocycles. The molecule has 6 nitrogen and oxygen atoms in total. The molecule has 136 valence electrons. The van der Waals surface area contributed by atoms with E-state index in [1.807, 2.05) is 6.07 Å². The van der Waals surface area contributed by atoms with Crippen molar-refractivity contribution in [2.45, 2.75) is 16.7 Å². The third-order valence-electron chi connectivity index (χ3n) is 3.03. The molecule has 2 aromatic rings. The summed E-state index contributed by atoms with van der Waals surface area (Å²) in [7, 11) is -4.16. The van der Waals surface area contributed by atoms with Gasteiger partial charge in [0.2, 0.25) is 5.04 Å². The van der Waals surface area contributed by atoms with Crippen molar-refractivity contribution in [3.05, 3.63) is 66.7 Å². The molecule has 0 heterocycles. The highest BCUT2D eigenvalue weighted by atomic mass is 32.2. The standard InChI is InChI=1S/C18H17NO5S2/c1-3-14-10-12-16(13-11-14)26(21,22)24-19-17(18(20)23-4-2)25-15-8-6-5-7-9-15/h3,5-13H,1,4H2,2H3. The summed E-state index contributed by atoms with van der Waals surface area (Å²) in [5.74, 6) is -0.765. The zero-order valence-corrected chi connectivity index (χ0v) is 15.6. The predicted octanol–water partition coefficient (Wildman–Crippen LogP) is 3.70. The Labute approximate surface area is 156 Å². The molecule has 0 unspecified atom stereocenters. The first-order valence-corrected chi connectivity index (χ1v) is 9.83. The molecule has 0 radical (unpaired) electrons. The number of carbonyl (C=O) groups is 1. The summed E-state index contributed by atoms with van der Waals surface area (Å²) in [6.45, 7) is 5.37. The van der Waals surface area contributed by atoms with Crippen LogP contribution in [0.3, 0.4) is 0 Å². The zero-order valence-electron chi connectivity index (χ0n) is 14.0. The van der Waals surface area contributed by atoms with Crippen LogP contribution < -0.4 is 0 Å². The number of rotatable bonds is 6. The summed E-state index contributed by atoms with van der Waals surface area (Å²) in [5.41, 5.74) is 0.763. The largest absolute Gasteiger partial charge is 0.461 e. The van der Waals surface area contributed by atoms with Gasteiger partial charge in [0.15, 0.2) is 0 Å². The van der Waals surface area contributed by atoms with E-state index < -0.39 is 16.1 Å². The Morgan fingerprint density at radius 1 is 1.15 bits per heavy atom. The number of nitrogens with zero attached hydrogens (tertiary/aromatic N) is 1. The van der Waals surface area contributed by atoms with Crippen LogP contribution in [-0.4, -0.2) is 26.0 Å². The molecule has 0 saturated heterocycles. The molecule has 0 N–H and O–H groups in total. The van der Waals surface area contributed by atoms with Gasteiger partial charge in [0, 0.05) is 4.90 Å². The lowest BCUT2D eigenvalue weighted by molar-refractivity contribution is -0.134. The van der Waals surface area contributed by atoms with Crippen molar-refractivity contribution in [1.82, 2.24) is 0 Å². The van der Waals surface area contributed by atoms with E-state index in [1.54, 1.807) is 49.4 Å². The quantitative estimate of drug-likeness (QED) is 0.245. The average Bonchev–Trinajstić information content (AvgIpc) is 2.66. The molecule has 0 aliphatic carbocycles. The highest BCUT2D eigenvalue weighted by Gasteiger charge is 2.20. The average molecular weight is 391 g/mol. The summed E-state index contributed by atoms with van der Waals surface area (Å²) in [6, 6.07) is 14.8. The van der Waals surface area contributed by atoms with Gasteiger partial charge in [-0.25, -0.2) is 4.79 Å². The molecule has 8 heteroatoms. The molecule has 0 atom stereocenters. The number of carbonyl (C=O) groups excluding carboxylic acids is 1. The van der Waals surface area contributed by atoms with Crippen LogP contribution in [0.25, 0.3) is 6.08 Å². The minimum atomic E-state index is -4.16. The lowest BCUT2D eigenvalue weighted by atomic mass is 10.2. The van der Waals surface area contributed by atoms with Crippen molar-refractivity contribution in [1.29, 1.82) is 0 Å². The van der Waals surface area contributed by atoms with Gasteiger partial charge >= 0.3 is 16.1 Å². The van der Waals surface area contributed by atoms with Crippen LogP contribution in [0.5, 0.6) is 0 Å².